The van der Waals surface area contributed by atoms with Gasteiger partial charge in [0, 0.05) is 24.7 Å². The van der Waals surface area contributed by atoms with Gasteiger partial charge in [-0.25, -0.2) is 4.79 Å². The molecule has 1 aromatic rings. The lowest BCUT2D eigenvalue weighted by atomic mass is 9.89. The van der Waals surface area contributed by atoms with Gasteiger partial charge in [-0.1, -0.05) is 0 Å². The lowest BCUT2D eigenvalue weighted by Gasteiger charge is -2.41. The van der Waals surface area contributed by atoms with Crippen molar-refractivity contribution in [2.45, 2.75) is 51.7 Å². The van der Waals surface area contributed by atoms with Gasteiger partial charge in [-0.05, 0) is 46.6 Å². The molecule has 1 aliphatic rings. The summed E-state index contributed by atoms with van der Waals surface area (Å²) in [5.41, 5.74) is -0.0726. The predicted molar refractivity (Wildman–Crippen MR) is 98.9 cm³/mol. The summed E-state index contributed by atoms with van der Waals surface area (Å²) in [5, 5.41) is 13.9. The van der Waals surface area contributed by atoms with Crippen molar-refractivity contribution in [3.63, 3.8) is 0 Å². The van der Waals surface area contributed by atoms with Crippen LogP contribution in [-0.2, 0) is 4.74 Å². The van der Waals surface area contributed by atoms with E-state index in [1.165, 1.54) is 19.2 Å². The minimum atomic E-state index is -0.534. The standard InChI is InChI=1S/C18H27N3O5/c1-17(2,3)26-16(22)19-18(4)8-10-20(11-9-18)14-7-6-13(21(23)24)12-15(14)25-5/h6-7,12H,8-11H2,1-5H3,(H,19,22). The molecule has 26 heavy (non-hydrogen) atoms. The van der Waals surface area contributed by atoms with E-state index in [0.717, 1.165) is 18.5 Å². The molecule has 1 fully saturated rings. The van der Waals surface area contributed by atoms with Gasteiger partial charge in [-0.3, -0.25) is 10.1 Å². The normalized spacial score (nSPS) is 16.7. The maximum Gasteiger partial charge on any atom is 0.408 e. The van der Waals surface area contributed by atoms with Crippen molar-refractivity contribution in [3.8, 4) is 5.75 Å². The Hall–Kier alpha value is -2.51. The van der Waals surface area contributed by atoms with Gasteiger partial charge in [0.1, 0.15) is 11.4 Å². The molecular formula is C18H27N3O5. The maximum absolute atomic E-state index is 12.1. The van der Waals surface area contributed by atoms with Gasteiger partial charge in [0.2, 0.25) is 0 Å². The number of alkyl carbamates (subject to hydrolysis) is 1. The Morgan fingerprint density at radius 2 is 1.92 bits per heavy atom. The van der Waals surface area contributed by atoms with Crippen LogP contribution in [0.3, 0.4) is 0 Å². The number of hydrogen-bond donors (Lipinski definition) is 1. The highest BCUT2D eigenvalue weighted by atomic mass is 16.6. The van der Waals surface area contributed by atoms with Gasteiger partial charge >= 0.3 is 6.09 Å². The largest absolute Gasteiger partial charge is 0.494 e. The van der Waals surface area contributed by atoms with Crippen molar-refractivity contribution in [2.24, 2.45) is 0 Å². The van der Waals surface area contributed by atoms with Gasteiger partial charge < -0.3 is 19.7 Å². The molecule has 0 aliphatic carbocycles. The zero-order chi connectivity index (χ0) is 19.5. The Labute approximate surface area is 153 Å². The zero-order valence-electron chi connectivity index (χ0n) is 16.0. The predicted octanol–water partition coefficient (Wildman–Crippen LogP) is 3.49. The van der Waals surface area contributed by atoms with E-state index in [4.69, 9.17) is 9.47 Å². The fourth-order valence-electron chi connectivity index (χ4n) is 2.96. The Morgan fingerprint density at radius 3 is 2.42 bits per heavy atom. The molecule has 144 valence electrons. The van der Waals surface area contributed by atoms with Gasteiger partial charge in [-0.15, -0.1) is 0 Å². The van der Waals surface area contributed by atoms with Crippen molar-refractivity contribution < 1.29 is 19.2 Å². The number of nitrogens with one attached hydrogen (secondary N) is 1. The van der Waals surface area contributed by atoms with Crippen molar-refractivity contribution in [1.82, 2.24) is 5.32 Å². The molecule has 8 heteroatoms. The molecule has 0 saturated carbocycles. The maximum atomic E-state index is 12.1. The van der Waals surface area contributed by atoms with Crippen molar-refractivity contribution in [2.75, 3.05) is 25.1 Å². The van der Waals surface area contributed by atoms with E-state index < -0.39 is 16.6 Å². The van der Waals surface area contributed by atoms with Crippen LogP contribution in [0.4, 0.5) is 16.2 Å². The molecule has 0 unspecified atom stereocenters. The molecule has 0 aromatic heterocycles. The van der Waals surface area contributed by atoms with E-state index in [0.29, 0.717) is 18.8 Å². The molecule has 1 amide bonds. The van der Waals surface area contributed by atoms with Crippen LogP contribution in [0.1, 0.15) is 40.5 Å². The topological polar surface area (TPSA) is 93.9 Å². The Morgan fingerprint density at radius 1 is 1.31 bits per heavy atom. The highest BCUT2D eigenvalue weighted by molar-refractivity contribution is 5.69. The minimum absolute atomic E-state index is 0.000889. The quantitative estimate of drug-likeness (QED) is 0.648. The van der Waals surface area contributed by atoms with Crippen molar-refractivity contribution in [1.29, 1.82) is 0 Å². The minimum Gasteiger partial charge on any atom is -0.494 e. The number of amides is 1. The number of hydrogen-bond acceptors (Lipinski definition) is 6. The molecule has 0 radical (unpaired) electrons. The number of rotatable bonds is 4. The smallest absolute Gasteiger partial charge is 0.408 e. The monoisotopic (exact) mass is 365 g/mol. The number of non-ortho nitro benzene ring substituents is 1. The molecule has 1 heterocycles. The first kappa shape index (κ1) is 19.8. The summed E-state index contributed by atoms with van der Waals surface area (Å²) in [6, 6.07) is 4.62. The molecule has 0 spiro atoms. The van der Waals surface area contributed by atoms with Crippen LogP contribution in [0.15, 0.2) is 18.2 Å². The second-order valence-corrected chi connectivity index (χ2v) is 7.79. The lowest BCUT2D eigenvalue weighted by molar-refractivity contribution is -0.384. The SMILES string of the molecule is COc1cc([N+](=O)[O-])ccc1N1CCC(C)(NC(=O)OC(C)(C)C)CC1. The van der Waals surface area contributed by atoms with Gasteiger partial charge in [0.15, 0.2) is 0 Å². The second-order valence-electron chi connectivity index (χ2n) is 7.79. The average molecular weight is 365 g/mol. The number of carbonyl (C=O) groups is 1. The molecule has 2 rings (SSSR count). The van der Waals surface area contributed by atoms with E-state index >= 15 is 0 Å². The second kappa shape index (κ2) is 7.39. The third-order valence-electron chi connectivity index (χ3n) is 4.38. The molecule has 0 bridgehead atoms. The van der Waals surface area contributed by atoms with Gasteiger partial charge in [0.05, 0.1) is 23.8 Å². The molecule has 8 nitrogen and oxygen atoms in total. The molecule has 0 atom stereocenters. The molecule has 1 saturated heterocycles. The van der Waals surface area contributed by atoms with E-state index in [9.17, 15) is 14.9 Å². The fraction of sp³-hybridized carbons (Fsp3) is 0.611. The first-order valence-corrected chi connectivity index (χ1v) is 8.61. The number of piperidine rings is 1. The van der Waals surface area contributed by atoms with Crippen LogP contribution in [0, 0.1) is 10.1 Å². The van der Waals surface area contributed by atoms with Crippen molar-refractivity contribution in [3.05, 3.63) is 28.3 Å². The van der Waals surface area contributed by atoms with Crippen molar-refractivity contribution >= 4 is 17.5 Å². The summed E-state index contributed by atoms with van der Waals surface area (Å²) in [6.45, 7) is 8.89. The summed E-state index contributed by atoms with van der Waals surface area (Å²) >= 11 is 0. The Kier molecular flexibility index (Phi) is 5.63. The van der Waals surface area contributed by atoms with E-state index in [1.54, 1.807) is 6.07 Å². The molecule has 1 N–H and O–H groups in total. The number of anilines is 1. The summed E-state index contributed by atoms with van der Waals surface area (Å²) < 4.78 is 10.7. The van der Waals surface area contributed by atoms with Gasteiger partial charge in [-0.2, -0.15) is 0 Å². The van der Waals surface area contributed by atoms with E-state index in [1.807, 2.05) is 27.7 Å². The van der Waals surface area contributed by atoms with E-state index in [2.05, 4.69) is 10.2 Å². The highest BCUT2D eigenvalue weighted by Gasteiger charge is 2.34. The Balaban J connectivity index is 2.04. The summed E-state index contributed by atoms with van der Waals surface area (Å²) in [7, 11) is 1.50. The summed E-state index contributed by atoms with van der Waals surface area (Å²) in [4.78, 5) is 24.7. The van der Waals surface area contributed by atoms with Crippen LogP contribution in [0.25, 0.3) is 0 Å². The number of carbonyl (C=O) groups excluding carboxylic acids is 1. The van der Waals surface area contributed by atoms with Crippen LogP contribution < -0.4 is 15.0 Å². The number of benzene rings is 1. The average Bonchev–Trinajstić information content (AvgIpc) is 2.52. The number of nitrogens with zero attached hydrogens (tertiary/aromatic N) is 2. The van der Waals surface area contributed by atoms with Crippen LogP contribution in [0.2, 0.25) is 0 Å². The first-order chi connectivity index (χ1) is 12.0. The van der Waals surface area contributed by atoms with Crippen LogP contribution in [-0.4, -0.2) is 42.4 Å². The third kappa shape index (κ3) is 5.00. The number of nitro groups is 1. The highest BCUT2D eigenvalue weighted by Crippen LogP contribution is 2.35. The first-order valence-electron chi connectivity index (χ1n) is 8.61. The zero-order valence-corrected chi connectivity index (χ0v) is 16.0. The van der Waals surface area contributed by atoms with Crippen LogP contribution in [0.5, 0.6) is 5.75 Å². The lowest BCUT2D eigenvalue weighted by Crippen LogP contribution is -2.54. The number of nitro benzene ring substituents is 1. The fourth-order valence-corrected chi connectivity index (χ4v) is 2.96. The number of ether oxygens (including phenoxy) is 2. The Bertz CT molecular complexity index is 676. The molecular weight excluding hydrogens is 338 g/mol. The number of methoxy groups -OCH3 is 1. The van der Waals surface area contributed by atoms with E-state index in [-0.39, 0.29) is 11.2 Å². The summed E-state index contributed by atoms with van der Waals surface area (Å²) in [5.74, 6) is 0.475. The molecule has 1 aliphatic heterocycles. The molecule has 1 aromatic carbocycles. The van der Waals surface area contributed by atoms with Gasteiger partial charge in [0.25, 0.3) is 5.69 Å². The summed E-state index contributed by atoms with van der Waals surface area (Å²) in [6.07, 6.45) is 1.04. The third-order valence-corrected chi connectivity index (χ3v) is 4.38. The van der Waals surface area contributed by atoms with Crippen LogP contribution >= 0.6 is 0 Å².